The van der Waals surface area contributed by atoms with Gasteiger partial charge in [-0.2, -0.15) is 0 Å². The zero-order valence-electron chi connectivity index (χ0n) is 21.0. The molecule has 3 aromatic rings. The van der Waals surface area contributed by atoms with Gasteiger partial charge >= 0.3 is 0 Å². The third-order valence-electron chi connectivity index (χ3n) is 6.60. The Morgan fingerprint density at radius 2 is 1.78 bits per heavy atom. The molecule has 2 aromatic carbocycles. The van der Waals surface area contributed by atoms with Crippen molar-refractivity contribution in [3.8, 4) is 11.5 Å². The van der Waals surface area contributed by atoms with E-state index in [9.17, 15) is 5.11 Å². The third kappa shape index (κ3) is 7.39. The molecular formula is C28H35Cl2N3O3. The maximum absolute atomic E-state index is 11.1. The van der Waals surface area contributed by atoms with Crippen molar-refractivity contribution in [3.63, 3.8) is 0 Å². The van der Waals surface area contributed by atoms with Crippen molar-refractivity contribution in [1.82, 2.24) is 14.5 Å². The van der Waals surface area contributed by atoms with Gasteiger partial charge in [-0.15, -0.1) is 0 Å². The molecule has 1 saturated heterocycles. The van der Waals surface area contributed by atoms with Gasteiger partial charge in [0.1, 0.15) is 30.5 Å². The highest BCUT2D eigenvalue weighted by Crippen LogP contribution is 2.29. The molecule has 8 heteroatoms. The smallest absolute Gasteiger partial charge is 0.121 e. The van der Waals surface area contributed by atoms with Crippen LogP contribution in [0, 0.1) is 0 Å². The van der Waals surface area contributed by atoms with E-state index in [4.69, 9.17) is 32.7 Å². The van der Waals surface area contributed by atoms with Gasteiger partial charge in [-0.3, -0.25) is 4.90 Å². The molecule has 0 amide bonds. The molecule has 194 valence electrons. The summed E-state index contributed by atoms with van der Waals surface area (Å²) in [6.07, 6.45) is 6.12. The lowest BCUT2D eigenvalue weighted by molar-refractivity contribution is -0.0168. The summed E-state index contributed by atoms with van der Waals surface area (Å²) in [5, 5.41) is 12.1. The van der Waals surface area contributed by atoms with Gasteiger partial charge in [-0.1, -0.05) is 49.2 Å². The molecule has 1 fully saturated rings. The lowest BCUT2D eigenvalue weighted by Crippen LogP contribution is -2.37. The molecule has 6 nitrogen and oxygen atoms in total. The summed E-state index contributed by atoms with van der Waals surface area (Å²) in [6, 6.07) is 13.5. The minimum absolute atomic E-state index is 0.239. The predicted molar refractivity (Wildman–Crippen MR) is 144 cm³/mol. The molecule has 0 saturated carbocycles. The van der Waals surface area contributed by atoms with Crippen LogP contribution in [0.15, 0.2) is 54.9 Å². The number of hydrogen-bond donors (Lipinski definition) is 1. The highest BCUT2D eigenvalue weighted by atomic mass is 35.5. The molecule has 2 heterocycles. The summed E-state index contributed by atoms with van der Waals surface area (Å²) in [4.78, 5) is 6.81. The number of aliphatic hydroxyl groups is 1. The van der Waals surface area contributed by atoms with E-state index in [1.807, 2.05) is 24.5 Å². The van der Waals surface area contributed by atoms with E-state index in [0.29, 0.717) is 41.2 Å². The first kappa shape index (κ1) is 26.8. The average Bonchev–Trinajstić information content (AvgIpc) is 3.25. The Labute approximate surface area is 223 Å². The number of ether oxygens (including phenoxy) is 2. The van der Waals surface area contributed by atoms with Crippen molar-refractivity contribution in [1.29, 1.82) is 0 Å². The van der Waals surface area contributed by atoms with Gasteiger partial charge in [-0.25, -0.2) is 4.98 Å². The predicted octanol–water partition coefficient (Wildman–Crippen LogP) is 6.19. The molecule has 1 aliphatic heterocycles. The number of benzene rings is 2. The monoisotopic (exact) mass is 531 g/mol. The first-order valence-electron chi connectivity index (χ1n) is 12.6. The fourth-order valence-electron chi connectivity index (χ4n) is 4.54. The number of imidazole rings is 1. The van der Waals surface area contributed by atoms with Gasteiger partial charge in [-0.05, 0) is 55.6 Å². The van der Waals surface area contributed by atoms with Crippen LogP contribution >= 0.6 is 23.2 Å². The van der Waals surface area contributed by atoms with Crippen molar-refractivity contribution in [2.24, 2.45) is 0 Å². The normalized spacial score (nSPS) is 18.8. The third-order valence-corrected chi connectivity index (χ3v) is 7.34. The van der Waals surface area contributed by atoms with Crippen LogP contribution in [0.3, 0.4) is 0 Å². The van der Waals surface area contributed by atoms with Crippen LogP contribution in [-0.4, -0.2) is 51.5 Å². The first-order chi connectivity index (χ1) is 17.3. The quantitative estimate of drug-likeness (QED) is 0.338. The topological polar surface area (TPSA) is 59.8 Å². The van der Waals surface area contributed by atoms with E-state index in [1.54, 1.807) is 18.2 Å². The Morgan fingerprint density at radius 1 is 1.00 bits per heavy atom. The van der Waals surface area contributed by atoms with E-state index in [1.165, 1.54) is 5.56 Å². The van der Waals surface area contributed by atoms with Crippen molar-refractivity contribution in [2.45, 2.75) is 57.7 Å². The van der Waals surface area contributed by atoms with E-state index in [-0.39, 0.29) is 6.61 Å². The maximum atomic E-state index is 11.1. The summed E-state index contributed by atoms with van der Waals surface area (Å²) < 4.78 is 14.0. The fourth-order valence-corrected chi connectivity index (χ4v) is 4.83. The van der Waals surface area contributed by atoms with Gasteiger partial charge in [0.15, 0.2) is 0 Å². The van der Waals surface area contributed by atoms with E-state index in [2.05, 4.69) is 40.4 Å². The SMILES string of the molecule is CC(C)c1nccn1CCOc1ccc(CN2CCCC(O)(COc3ccc(Cl)c(Cl)c3)CC2)cc1. The van der Waals surface area contributed by atoms with Crippen LogP contribution in [-0.2, 0) is 13.1 Å². The molecule has 1 aromatic heterocycles. The van der Waals surface area contributed by atoms with Crippen molar-refractivity contribution >= 4 is 23.2 Å². The largest absolute Gasteiger partial charge is 0.492 e. The van der Waals surface area contributed by atoms with Gasteiger partial charge in [0.25, 0.3) is 0 Å². The molecule has 1 N–H and O–H groups in total. The second-order valence-electron chi connectivity index (χ2n) is 9.84. The zero-order chi connectivity index (χ0) is 25.5. The van der Waals surface area contributed by atoms with Crippen molar-refractivity contribution in [2.75, 3.05) is 26.3 Å². The van der Waals surface area contributed by atoms with Crippen LogP contribution in [0.1, 0.15) is 50.4 Å². The Hall–Kier alpha value is -2.25. The Bertz CT molecular complexity index is 1120. The Balaban J connectivity index is 1.22. The number of rotatable bonds is 10. The fraction of sp³-hybridized carbons (Fsp3) is 0.464. The first-order valence-corrected chi connectivity index (χ1v) is 13.3. The van der Waals surface area contributed by atoms with Gasteiger partial charge < -0.3 is 19.1 Å². The number of halogens is 2. The van der Waals surface area contributed by atoms with E-state index >= 15 is 0 Å². The number of aromatic nitrogens is 2. The highest BCUT2D eigenvalue weighted by molar-refractivity contribution is 6.42. The minimum atomic E-state index is -0.858. The summed E-state index contributed by atoms with van der Waals surface area (Å²) in [6.45, 7) is 8.51. The van der Waals surface area contributed by atoms with E-state index in [0.717, 1.165) is 44.2 Å². The van der Waals surface area contributed by atoms with Crippen LogP contribution in [0.5, 0.6) is 11.5 Å². The molecular weight excluding hydrogens is 497 g/mol. The Kier molecular flexibility index (Phi) is 9.18. The maximum Gasteiger partial charge on any atom is 0.121 e. The van der Waals surface area contributed by atoms with Crippen LogP contribution in [0.2, 0.25) is 10.0 Å². The molecule has 1 aliphatic rings. The summed E-state index contributed by atoms with van der Waals surface area (Å²) in [7, 11) is 0. The summed E-state index contributed by atoms with van der Waals surface area (Å²) >= 11 is 12.0. The second kappa shape index (κ2) is 12.3. The van der Waals surface area contributed by atoms with Crippen LogP contribution < -0.4 is 9.47 Å². The lowest BCUT2D eigenvalue weighted by Gasteiger charge is -2.27. The van der Waals surface area contributed by atoms with Gasteiger partial charge in [0.05, 0.1) is 22.2 Å². The lowest BCUT2D eigenvalue weighted by atomic mass is 9.96. The van der Waals surface area contributed by atoms with Crippen molar-refractivity contribution in [3.05, 3.63) is 76.3 Å². The van der Waals surface area contributed by atoms with E-state index < -0.39 is 5.60 Å². The van der Waals surface area contributed by atoms with Crippen LogP contribution in [0.4, 0.5) is 0 Å². The molecule has 0 spiro atoms. The number of nitrogens with zero attached hydrogens (tertiary/aromatic N) is 3. The highest BCUT2D eigenvalue weighted by Gasteiger charge is 2.31. The molecule has 0 radical (unpaired) electrons. The minimum Gasteiger partial charge on any atom is -0.492 e. The average molecular weight is 533 g/mol. The Morgan fingerprint density at radius 3 is 2.53 bits per heavy atom. The number of hydrogen-bond acceptors (Lipinski definition) is 5. The zero-order valence-corrected chi connectivity index (χ0v) is 22.5. The molecule has 1 atom stereocenters. The molecule has 1 unspecified atom stereocenters. The molecule has 4 rings (SSSR count). The number of likely N-dealkylation sites (tertiary alicyclic amines) is 1. The summed E-state index contributed by atoms with van der Waals surface area (Å²) in [5.41, 5.74) is 0.375. The van der Waals surface area contributed by atoms with Gasteiger partial charge in [0.2, 0.25) is 0 Å². The standard InChI is InChI=1S/C28H35Cl2N3O3/c1-21(2)27-31-12-15-33(27)16-17-35-23-6-4-22(5-7-23)19-32-13-3-10-28(34,11-14-32)20-36-24-8-9-25(29)26(30)18-24/h4-9,12,15,18,21,34H,3,10-11,13-14,16-17,19-20H2,1-2H3. The van der Waals surface area contributed by atoms with Gasteiger partial charge in [0, 0.05) is 37.5 Å². The van der Waals surface area contributed by atoms with Crippen molar-refractivity contribution < 1.29 is 14.6 Å². The summed E-state index contributed by atoms with van der Waals surface area (Å²) in [5.74, 6) is 2.96. The second-order valence-corrected chi connectivity index (χ2v) is 10.7. The molecule has 36 heavy (non-hydrogen) atoms. The van der Waals surface area contributed by atoms with Crippen LogP contribution in [0.25, 0.3) is 0 Å². The molecule has 0 aliphatic carbocycles. The molecule has 0 bridgehead atoms.